The Balaban J connectivity index is 2.09. The highest BCUT2D eigenvalue weighted by Crippen LogP contribution is 2.16. The van der Waals surface area contributed by atoms with Gasteiger partial charge in [-0.25, -0.2) is 22.5 Å². The van der Waals surface area contributed by atoms with E-state index in [1.165, 1.54) is 12.1 Å². The second-order valence-electron chi connectivity index (χ2n) is 4.15. The van der Waals surface area contributed by atoms with Gasteiger partial charge in [0.05, 0.1) is 0 Å². The fraction of sp³-hybridized carbons (Fsp3) is 0.250. The first-order chi connectivity index (χ1) is 9.53. The largest absolute Gasteiger partial charge is 0.349 e. The molecule has 0 radical (unpaired) electrons. The fourth-order valence-corrected chi connectivity index (χ4v) is 2.85. The lowest BCUT2D eigenvalue weighted by molar-refractivity contribution is 0.556. The molecule has 0 atom stereocenters. The van der Waals surface area contributed by atoms with Gasteiger partial charge in [0.2, 0.25) is 10.0 Å². The molecule has 108 valence electrons. The maximum atomic E-state index is 13.6. The van der Waals surface area contributed by atoms with Crippen molar-refractivity contribution in [2.75, 3.05) is 6.54 Å². The number of sulfonamides is 1. The van der Waals surface area contributed by atoms with Crippen LogP contribution in [-0.4, -0.2) is 24.9 Å². The monoisotopic (exact) mass is 298 g/mol. The quantitative estimate of drug-likeness (QED) is 0.724. The smallest absolute Gasteiger partial charge is 0.243 e. The average Bonchev–Trinajstić information content (AvgIpc) is 2.92. The molecule has 0 aliphatic rings. The average molecular weight is 298 g/mol. The molecule has 0 aliphatic heterocycles. The normalized spacial score (nSPS) is 11.7. The third-order valence-electron chi connectivity index (χ3n) is 2.73. The number of rotatable bonds is 6. The Bertz CT molecular complexity index is 671. The number of H-pyrrole nitrogens is 1. The van der Waals surface area contributed by atoms with Crippen LogP contribution in [-0.2, 0) is 23.0 Å². The molecule has 0 unspecified atom stereocenters. The summed E-state index contributed by atoms with van der Waals surface area (Å²) in [6, 6.07) is 3.80. The summed E-state index contributed by atoms with van der Waals surface area (Å²) >= 11 is 0. The Morgan fingerprint density at radius 2 is 2.20 bits per heavy atom. The van der Waals surface area contributed by atoms with Crippen molar-refractivity contribution in [3.8, 4) is 0 Å². The number of nitrogens with one attached hydrogen (secondary N) is 2. The molecule has 1 aromatic carbocycles. The summed E-state index contributed by atoms with van der Waals surface area (Å²) in [6.07, 6.45) is 3.62. The summed E-state index contributed by atoms with van der Waals surface area (Å²) in [5, 5.41) is 0. The maximum absolute atomic E-state index is 13.6. The molecular weight excluding hydrogens is 283 g/mol. The Labute approximate surface area is 116 Å². The number of imidazole rings is 1. The number of benzene rings is 1. The summed E-state index contributed by atoms with van der Waals surface area (Å²) in [4.78, 5) is 6.44. The van der Waals surface area contributed by atoms with Crippen LogP contribution in [0.3, 0.4) is 0 Å². The van der Waals surface area contributed by atoms with Crippen molar-refractivity contribution >= 4 is 10.0 Å². The standard InChI is InChI=1S/C12H15FN4O2S/c13-10-2-1-9(8-14)7-11(10)20(18,19)17-4-3-12-15-5-6-16-12/h1-2,5-7,17H,3-4,8,14H2,(H,15,16). The highest BCUT2D eigenvalue weighted by atomic mass is 32.2. The predicted octanol–water partition coefficient (Wildman–Crippen LogP) is 0.528. The van der Waals surface area contributed by atoms with Crippen molar-refractivity contribution in [2.45, 2.75) is 17.9 Å². The van der Waals surface area contributed by atoms with Crippen LogP contribution in [0.2, 0.25) is 0 Å². The molecule has 1 heterocycles. The van der Waals surface area contributed by atoms with Crippen molar-refractivity contribution in [1.82, 2.24) is 14.7 Å². The van der Waals surface area contributed by atoms with E-state index in [9.17, 15) is 12.8 Å². The molecule has 0 bridgehead atoms. The number of aromatic nitrogens is 2. The molecule has 0 fully saturated rings. The Kier molecular flexibility index (Phi) is 4.48. The van der Waals surface area contributed by atoms with E-state index < -0.39 is 15.8 Å². The lowest BCUT2D eigenvalue weighted by Crippen LogP contribution is -2.27. The number of hydrogen-bond donors (Lipinski definition) is 3. The van der Waals surface area contributed by atoms with Crippen LogP contribution in [0, 0.1) is 5.82 Å². The molecule has 0 spiro atoms. The lowest BCUT2D eigenvalue weighted by Gasteiger charge is -2.08. The number of hydrogen-bond acceptors (Lipinski definition) is 4. The van der Waals surface area contributed by atoms with Gasteiger partial charge in [-0.05, 0) is 17.7 Å². The van der Waals surface area contributed by atoms with Gasteiger partial charge in [-0.3, -0.25) is 0 Å². The van der Waals surface area contributed by atoms with Crippen molar-refractivity contribution in [2.24, 2.45) is 5.73 Å². The van der Waals surface area contributed by atoms with Crippen molar-refractivity contribution in [1.29, 1.82) is 0 Å². The Hall–Kier alpha value is -1.77. The minimum absolute atomic E-state index is 0.127. The first-order valence-corrected chi connectivity index (χ1v) is 7.47. The van der Waals surface area contributed by atoms with E-state index in [0.717, 1.165) is 6.07 Å². The third-order valence-corrected chi connectivity index (χ3v) is 4.21. The molecule has 2 aromatic rings. The summed E-state index contributed by atoms with van der Waals surface area (Å²) in [5.74, 6) is -0.142. The molecule has 20 heavy (non-hydrogen) atoms. The molecule has 6 nitrogen and oxygen atoms in total. The molecule has 4 N–H and O–H groups in total. The van der Waals surface area contributed by atoms with Gasteiger partial charge in [0.1, 0.15) is 16.5 Å². The first kappa shape index (κ1) is 14.6. The highest BCUT2D eigenvalue weighted by Gasteiger charge is 2.19. The lowest BCUT2D eigenvalue weighted by atomic mass is 10.2. The van der Waals surface area contributed by atoms with Crippen LogP contribution < -0.4 is 10.5 Å². The Morgan fingerprint density at radius 1 is 1.40 bits per heavy atom. The van der Waals surface area contributed by atoms with Gasteiger partial charge in [-0.2, -0.15) is 0 Å². The van der Waals surface area contributed by atoms with Crippen molar-refractivity contribution < 1.29 is 12.8 Å². The number of nitrogens with two attached hydrogens (primary N) is 1. The molecule has 8 heteroatoms. The molecule has 1 aromatic heterocycles. The van der Waals surface area contributed by atoms with Gasteiger partial charge < -0.3 is 10.7 Å². The first-order valence-electron chi connectivity index (χ1n) is 5.99. The van der Waals surface area contributed by atoms with E-state index in [1.807, 2.05) is 0 Å². The molecule has 0 amide bonds. The van der Waals surface area contributed by atoms with E-state index in [-0.39, 0.29) is 18.0 Å². The van der Waals surface area contributed by atoms with Crippen LogP contribution in [0.4, 0.5) is 4.39 Å². The molecular formula is C12H15FN4O2S. The van der Waals surface area contributed by atoms with Crippen LogP contribution in [0.1, 0.15) is 11.4 Å². The summed E-state index contributed by atoms with van der Waals surface area (Å²) in [6.45, 7) is 0.275. The highest BCUT2D eigenvalue weighted by molar-refractivity contribution is 7.89. The van der Waals surface area contributed by atoms with Gasteiger partial charge in [-0.15, -0.1) is 0 Å². The minimum atomic E-state index is -3.90. The second kappa shape index (κ2) is 6.12. The summed E-state index contributed by atoms with van der Waals surface area (Å²) in [7, 11) is -3.90. The number of aromatic amines is 1. The molecule has 2 rings (SSSR count). The SMILES string of the molecule is NCc1ccc(F)c(S(=O)(=O)NCCc2ncc[nH]2)c1. The summed E-state index contributed by atoms with van der Waals surface area (Å²) in [5.41, 5.74) is 5.98. The maximum Gasteiger partial charge on any atom is 0.243 e. The molecule has 0 saturated carbocycles. The minimum Gasteiger partial charge on any atom is -0.349 e. The molecule has 0 aliphatic carbocycles. The van der Waals surface area contributed by atoms with Crippen LogP contribution in [0.25, 0.3) is 0 Å². The number of halogens is 1. The fourth-order valence-electron chi connectivity index (χ4n) is 1.70. The summed E-state index contributed by atoms with van der Waals surface area (Å²) < 4.78 is 40.0. The van der Waals surface area contributed by atoms with E-state index in [2.05, 4.69) is 14.7 Å². The van der Waals surface area contributed by atoms with Gasteiger partial charge in [-0.1, -0.05) is 6.07 Å². The number of nitrogens with zero attached hydrogens (tertiary/aromatic N) is 1. The third kappa shape index (κ3) is 3.41. The van der Waals surface area contributed by atoms with E-state index in [1.54, 1.807) is 12.4 Å². The van der Waals surface area contributed by atoms with E-state index >= 15 is 0 Å². The zero-order chi connectivity index (χ0) is 14.6. The van der Waals surface area contributed by atoms with Crippen LogP contribution >= 0.6 is 0 Å². The second-order valence-corrected chi connectivity index (χ2v) is 5.89. The van der Waals surface area contributed by atoms with E-state index in [4.69, 9.17) is 5.73 Å². The van der Waals surface area contributed by atoms with Crippen molar-refractivity contribution in [3.63, 3.8) is 0 Å². The zero-order valence-electron chi connectivity index (χ0n) is 10.6. The van der Waals surface area contributed by atoms with Gasteiger partial charge in [0.25, 0.3) is 0 Å². The van der Waals surface area contributed by atoms with Crippen molar-refractivity contribution in [3.05, 3.63) is 47.8 Å². The topological polar surface area (TPSA) is 101 Å². The van der Waals surface area contributed by atoms with Crippen LogP contribution in [0.15, 0.2) is 35.5 Å². The molecule has 0 saturated heterocycles. The Morgan fingerprint density at radius 3 is 2.85 bits per heavy atom. The van der Waals surface area contributed by atoms with E-state index in [0.29, 0.717) is 17.8 Å². The zero-order valence-corrected chi connectivity index (χ0v) is 11.5. The predicted molar refractivity (Wildman–Crippen MR) is 71.8 cm³/mol. The van der Waals surface area contributed by atoms with Crippen LogP contribution in [0.5, 0.6) is 0 Å². The van der Waals surface area contributed by atoms with Gasteiger partial charge >= 0.3 is 0 Å². The van der Waals surface area contributed by atoms with Gasteiger partial charge in [0.15, 0.2) is 0 Å². The van der Waals surface area contributed by atoms with Gasteiger partial charge in [0, 0.05) is 31.9 Å².